The third-order valence-electron chi connectivity index (χ3n) is 3.74. The van der Waals surface area contributed by atoms with Gasteiger partial charge >= 0.3 is 18.2 Å². The van der Waals surface area contributed by atoms with Gasteiger partial charge in [0.2, 0.25) is 9.90 Å². The number of carbonyl (C=O) groups is 3. The summed E-state index contributed by atoms with van der Waals surface area (Å²) in [6.07, 6.45) is -3.91. The standard InChI is InChI=1S/C20H18Cl3NO7/c21-20(22,23)12-30-19(28)31-16(17(25)26)10-14-8-4-5-9-15(14)24-18(27)29-11-13-6-2-1-3-7-13/h1-9,16H,10-12H2,(H,24,27)(H,25,26). The number of anilines is 1. The van der Waals surface area contributed by atoms with Crippen LogP contribution in [0.25, 0.3) is 0 Å². The lowest BCUT2D eigenvalue weighted by Crippen LogP contribution is -2.31. The Kier molecular flexibility index (Phi) is 9.23. The number of halogens is 3. The number of ether oxygens (including phenoxy) is 3. The number of amides is 1. The molecular formula is C20H18Cl3NO7. The molecule has 2 aromatic rings. The second-order valence-corrected chi connectivity index (χ2v) is 8.66. The molecule has 0 heterocycles. The number of aliphatic carboxylic acids is 1. The summed E-state index contributed by atoms with van der Waals surface area (Å²) in [5.74, 6) is -1.42. The Labute approximate surface area is 192 Å². The third kappa shape index (κ3) is 9.33. The molecule has 8 nitrogen and oxygen atoms in total. The van der Waals surface area contributed by atoms with E-state index in [2.05, 4.69) is 10.1 Å². The van der Waals surface area contributed by atoms with E-state index in [9.17, 15) is 19.5 Å². The smallest absolute Gasteiger partial charge is 0.478 e. The number of hydrogen-bond donors (Lipinski definition) is 2. The predicted octanol–water partition coefficient (Wildman–Crippen LogP) is 4.95. The Balaban J connectivity index is 1.99. The van der Waals surface area contributed by atoms with E-state index in [1.54, 1.807) is 36.4 Å². The SMILES string of the molecule is O=C(Nc1ccccc1CC(OC(=O)OCC(Cl)(Cl)Cl)C(=O)O)OCc1ccccc1. The Bertz CT molecular complexity index is 903. The van der Waals surface area contributed by atoms with Crippen LogP contribution >= 0.6 is 34.8 Å². The lowest BCUT2D eigenvalue weighted by molar-refractivity contribution is -0.148. The molecule has 0 bridgehead atoms. The highest BCUT2D eigenvalue weighted by Crippen LogP contribution is 2.26. The first-order valence-electron chi connectivity index (χ1n) is 8.82. The molecule has 0 saturated carbocycles. The van der Waals surface area contributed by atoms with Crippen LogP contribution in [0.5, 0.6) is 0 Å². The zero-order valence-electron chi connectivity index (χ0n) is 15.9. The third-order valence-corrected chi connectivity index (χ3v) is 4.07. The maximum absolute atomic E-state index is 12.1. The number of rotatable bonds is 8. The molecule has 0 aromatic heterocycles. The maximum atomic E-state index is 12.1. The molecule has 0 spiro atoms. The molecule has 0 radical (unpaired) electrons. The van der Waals surface area contributed by atoms with E-state index >= 15 is 0 Å². The van der Waals surface area contributed by atoms with Crippen molar-refractivity contribution in [3.05, 3.63) is 65.7 Å². The molecule has 2 aromatic carbocycles. The quantitative estimate of drug-likeness (QED) is 0.397. The van der Waals surface area contributed by atoms with Crippen LogP contribution in [0.3, 0.4) is 0 Å². The van der Waals surface area contributed by atoms with Crippen molar-refractivity contribution in [3.63, 3.8) is 0 Å². The fourth-order valence-electron chi connectivity index (χ4n) is 2.36. The Morgan fingerprint density at radius 3 is 2.26 bits per heavy atom. The lowest BCUT2D eigenvalue weighted by Gasteiger charge is -2.17. The predicted molar refractivity (Wildman–Crippen MR) is 115 cm³/mol. The number of benzene rings is 2. The van der Waals surface area contributed by atoms with E-state index in [0.717, 1.165) is 5.56 Å². The van der Waals surface area contributed by atoms with Crippen molar-refractivity contribution >= 4 is 58.7 Å². The van der Waals surface area contributed by atoms with Crippen molar-refractivity contribution in [1.82, 2.24) is 0 Å². The molecular weight excluding hydrogens is 473 g/mol. The van der Waals surface area contributed by atoms with Crippen LogP contribution < -0.4 is 5.32 Å². The molecule has 1 unspecified atom stereocenters. The van der Waals surface area contributed by atoms with Crippen molar-refractivity contribution in [2.45, 2.75) is 22.9 Å². The van der Waals surface area contributed by atoms with Crippen molar-refractivity contribution in [2.24, 2.45) is 0 Å². The van der Waals surface area contributed by atoms with Crippen LogP contribution in [0.1, 0.15) is 11.1 Å². The number of carboxylic acid groups (broad SMARTS) is 1. The molecule has 0 aliphatic rings. The van der Waals surface area contributed by atoms with Crippen LogP contribution in [0.15, 0.2) is 54.6 Å². The number of para-hydroxylation sites is 1. The summed E-state index contributed by atoms with van der Waals surface area (Å²) >= 11 is 16.4. The highest BCUT2D eigenvalue weighted by atomic mass is 35.6. The topological polar surface area (TPSA) is 111 Å². The molecule has 0 fully saturated rings. The zero-order chi connectivity index (χ0) is 22.9. The summed E-state index contributed by atoms with van der Waals surface area (Å²) in [6, 6.07) is 15.5. The first-order valence-corrected chi connectivity index (χ1v) is 9.96. The second-order valence-electron chi connectivity index (χ2n) is 6.15. The van der Waals surface area contributed by atoms with Gasteiger partial charge in [-0.15, -0.1) is 0 Å². The van der Waals surface area contributed by atoms with Crippen molar-refractivity contribution < 1.29 is 33.7 Å². The molecule has 2 N–H and O–H groups in total. The Morgan fingerprint density at radius 1 is 0.968 bits per heavy atom. The van der Waals surface area contributed by atoms with Gasteiger partial charge in [0.25, 0.3) is 0 Å². The Hall–Kier alpha value is -2.68. The van der Waals surface area contributed by atoms with Gasteiger partial charge in [-0.2, -0.15) is 0 Å². The Morgan fingerprint density at radius 2 is 1.61 bits per heavy atom. The molecule has 0 aliphatic carbocycles. The van der Waals surface area contributed by atoms with E-state index in [0.29, 0.717) is 11.3 Å². The van der Waals surface area contributed by atoms with E-state index in [1.807, 2.05) is 18.2 Å². The summed E-state index contributed by atoms with van der Waals surface area (Å²) in [5.41, 5.74) is 1.49. The summed E-state index contributed by atoms with van der Waals surface area (Å²) in [5, 5.41) is 11.9. The number of carbonyl (C=O) groups excluding carboxylic acids is 2. The molecule has 0 saturated heterocycles. The van der Waals surface area contributed by atoms with Crippen LogP contribution in [0.2, 0.25) is 0 Å². The van der Waals surface area contributed by atoms with E-state index in [-0.39, 0.29) is 13.0 Å². The largest absolute Gasteiger partial charge is 0.509 e. The summed E-state index contributed by atoms with van der Waals surface area (Å²) in [6.45, 7) is -0.557. The average molecular weight is 491 g/mol. The molecule has 1 atom stereocenters. The average Bonchev–Trinajstić information content (AvgIpc) is 2.72. The highest BCUT2D eigenvalue weighted by molar-refractivity contribution is 6.67. The van der Waals surface area contributed by atoms with Gasteiger partial charge in [-0.3, -0.25) is 5.32 Å². The molecule has 31 heavy (non-hydrogen) atoms. The first kappa shape index (κ1) is 24.6. The van der Waals surface area contributed by atoms with Gasteiger partial charge < -0.3 is 19.3 Å². The molecule has 2 rings (SSSR count). The van der Waals surface area contributed by atoms with Crippen molar-refractivity contribution in [3.8, 4) is 0 Å². The summed E-state index contributed by atoms with van der Waals surface area (Å²) in [7, 11) is 0. The van der Waals surface area contributed by atoms with Crippen molar-refractivity contribution in [2.75, 3.05) is 11.9 Å². The highest BCUT2D eigenvalue weighted by Gasteiger charge is 2.28. The minimum absolute atomic E-state index is 0.0603. The van der Waals surface area contributed by atoms with Crippen molar-refractivity contribution in [1.29, 1.82) is 0 Å². The number of hydrogen-bond acceptors (Lipinski definition) is 6. The van der Waals surface area contributed by atoms with Gasteiger partial charge in [-0.1, -0.05) is 83.3 Å². The minimum atomic E-state index is -1.87. The van der Waals surface area contributed by atoms with Gasteiger partial charge in [0.05, 0.1) is 0 Å². The van der Waals surface area contributed by atoms with Gasteiger partial charge in [0.1, 0.15) is 13.2 Å². The van der Waals surface area contributed by atoms with E-state index < -0.39 is 34.7 Å². The van der Waals surface area contributed by atoms with Gasteiger partial charge in [-0.05, 0) is 17.2 Å². The number of alkyl halides is 3. The van der Waals surface area contributed by atoms with Gasteiger partial charge in [0.15, 0.2) is 0 Å². The fraction of sp³-hybridized carbons (Fsp3) is 0.250. The monoisotopic (exact) mass is 489 g/mol. The number of nitrogens with one attached hydrogen (secondary N) is 1. The minimum Gasteiger partial charge on any atom is -0.478 e. The molecule has 0 aliphatic heterocycles. The van der Waals surface area contributed by atoms with E-state index in [1.165, 1.54) is 0 Å². The van der Waals surface area contributed by atoms with Gasteiger partial charge in [-0.25, -0.2) is 14.4 Å². The molecule has 166 valence electrons. The zero-order valence-corrected chi connectivity index (χ0v) is 18.2. The molecule has 1 amide bonds. The van der Waals surface area contributed by atoms with E-state index in [4.69, 9.17) is 44.3 Å². The van der Waals surface area contributed by atoms with Crippen LogP contribution in [0.4, 0.5) is 15.3 Å². The summed E-state index contributed by atoms with van der Waals surface area (Å²) in [4.78, 5) is 35.3. The summed E-state index contributed by atoms with van der Waals surface area (Å²) < 4.78 is 12.7. The van der Waals surface area contributed by atoms with Crippen LogP contribution in [-0.2, 0) is 32.0 Å². The maximum Gasteiger partial charge on any atom is 0.509 e. The number of carboxylic acids is 1. The van der Waals surface area contributed by atoms with Gasteiger partial charge in [0, 0.05) is 12.1 Å². The normalized spacial score (nSPS) is 11.8. The second kappa shape index (κ2) is 11.6. The first-order chi connectivity index (χ1) is 14.6. The molecule has 11 heteroatoms. The lowest BCUT2D eigenvalue weighted by atomic mass is 10.1. The fourth-order valence-corrected chi connectivity index (χ4v) is 2.52. The van der Waals surface area contributed by atoms with Crippen LogP contribution in [0, 0.1) is 0 Å². The van der Waals surface area contributed by atoms with Crippen LogP contribution in [-0.4, -0.2) is 39.8 Å².